The summed E-state index contributed by atoms with van der Waals surface area (Å²) in [6.45, 7) is 0.940. The maximum atomic E-state index is 5.39. The van der Waals surface area contributed by atoms with E-state index in [1.54, 1.807) is 7.11 Å². The average Bonchev–Trinajstić information content (AvgIpc) is 2.55. The first kappa shape index (κ1) is 7.56. The Morgan fingerprint density at radius 3 is 2.64 bits per heavy atom. The molecule has 64 valence electrons. The van der Waals surface area contributed by atoms with Crippen LogP contribution in [0.5, 0.6) is 0 Å². The summed E-state index contributed by atoms with van der Waals surface area (Å²) in [6.07, 6.45) is 3.20. The van der Waals surface area contributed by atoms with Crippen LogP contribution < -0.4 is 0 Å². The van der Waals surface area contributed by atoms with E-state index in [1.165, 1.54) is 12.8 Å². The number of hydrogen-bond acceptors (Lipinski definition) is 2. The van der Waals surface area contributed by atoms with Crippen LogP contribution >= 0.6 is 0 Å². The van der Waals surface area contributed by atoms with Crippen LogP contribution in [0.4, 0.5) is 0 Å². The molecule has 2 nitrogen and oxygen atoms in total. The Morgan fingerprint density at radius 2 is 2.09 bits per heavy atom. The van der Waals surface area contributed by atoms with E-state index >= 15 is 0 Å². The van der Waals surface area contributed by atoms with Gasteiger partial charge >= 0.3 is 0 Å². The maximum absolute atomic E-state index is 5.39. The Labute approximate surface area is 67.9 Å². The molecule has 4 atom stereocenters. The van der Waals surface area contributed by atoms with Gasteiger partial charge in [0.1, 0.15) is 0 Å². The second kappa shape index (κ2) is 2.76. The molecule has 0 spiro atoms. The molecule has 3 aliphatic rings. The van der Waals surface area contributed by atoms with Crippen molar-refractivity contribution in [2.75, 3.05) is 20.8 Å². The predicted molar refractivity (Wildman–Crippen MR) is 42.4 cm³/mol. The number of hydrogen-bond donors (Lipinski definition) is 0. The first-order chi connectivity index (χ1) is 5.36. The zero-order chi connectivity index (χ0) is 7.84. The van der Waals surface area contributed by atoms with Crippen LogP contribution in [-0.2, 0) is 9.47 Å². The topological polar surface area (TPSA) is 18.5 Å². The van der Waals surface area contributed by atoms with Gasteiger partial charge in [-0.2, -0.15) is 0 Å². The smallest absolute Gasteiger partial charge is 0.0606 e. The minimum absolute atomic E-state index is 0.542. The predicted octanol–water partition coefficient (Wildman–Crippen LogP) is 1.30. The molecule has 0 aromatic carbocycles. The lowest BCUT2D eigenvalue weighted by Crippen LogP contribution is -2.34. The van der Waals surface area contributed by atoms with Gasteiger partial charge in [0.15, 0.2) is 0 Å². The van der Waals surface area contributed by atoms with Crippen molar-refractivity contribution >= 4 is 0 Å². The molecule has 0 N–H and O–H groups in total. The van der Waals surface area contributed by atoms with Crippen LogP contribution in [0.1, 0.15) is 12.8 Å². The van der Waals surface area contributed by atoms with Crippen molar-refractivity contribution < 1.29 is 9.47 Å². The van der Waals surface area contributed by atoms with Gasteiger partial charge in [-0.3, -0.25) is 0 Å². The van der Waals surface area contributed by atoms with Crippen LogP contribution in [0.25, 0.3) is 0 Å². The van der Waals surface area contributed by atoms with Gasteiger partial charge in [-0.1, -0.05) is 0 Å². The monoisotopic (exact) mass is 156 g/mol. The van der Waals surface area contributed by atoms with Crippen molar-refractivity contribution in [3.05, 3.63) is 0 Å². The summed E-state index contributed by atoms with van der Waals surface area (Å²) < 4.78 is 10.5. The summed E-state index contributed by atoms with van der Waals surface area (Å²) in [5.74, 6) is 2.53. The number of rotatable bonds is 3. The molecule has 3 fully saturated rings. The van der Waals surface area contributed by atoms with Crippen molar-refractivity contribution in [3.8, 4) is 0 Å². The molecular weight excluding hydrogens is 140 g/mol. The quantitative estimate of drug-likeness (QED) is 0.613. The van der Waals surface area contributed by atoms with Crippen molar-refractivity contribution in [2.45, 2.75) is 18.9 Å². The third-order valence-electron chi connectivity index (χ3n) is 3.40. The third kappa shape index (κ3) is 1.00. The molecule has 3 aliphatic carbocycles. The number of fused-ring (bicyclic) bond motifs is 1. The summed E-state index contributed by atoms with van der Waals surface area (Å²) in [5.41, 5.74) is 0. The molecule has 0 aromatic heterocycles. The van der Waals surface area contributed by atoms with Gasteiger partial charge < -0.3 is 9.47 Å². The molecule has 2 heteroatoms. The largest absolute Gasteiger partial charge is 0.384 e. The summed E-state index contributed by atoms with van der Waals surface area (Å²) in [6, 6.07) is 0. The van der Waals surface area contributed by atoms with Gasteiger partial charge in [0, 0.05) is 20.8 Å². The Morgan fingerprint density at radius 1 is 1.27 bits per heavy atom. The normalized spacial score (nSPS) is 47.5. The maximum Gasteiger partial charge on any atom is 0.0606 e. The van der Waals surface area contributed by atoms with E-state index < -0.39 is 0 Å². The number of ether oxygens (including phenoxy) is 2. The SMILES string of the molecule is COC[C@@H]1[C@@H]2C[C@H]1[C@@H](OC)C2. The standard InChI is InChI=1S/C9H16O2/c1-10-5-8-6-3-7(8)9(4-6)11-2/h6-9H,3-5H2,1-2H3/t6-,7-,8-,9+/m1/s1. The molecule has 0 heterocycles. The lowest BCUT2D eigenvalue weighted by Gasteiger charge is -2.35. The van der Waals surface area contributed by atoms with E-state index in [0.717, 1.165) is 24.4 Å². The zero-order valence-corrected chi connectivity index (χ0v) is 7.25. The molecular formula is C9H16O2. The molecule has 0 aliphatic heterocycles. The lowest BCUT2D eigenvalue weighted by molar-refractivity contribution is 0.00498. The molecule has 3 saturated carbocycles. The highest BCUT2D eigenvalue weighted by molar-refractivity contribution is 5.02. The third-order valence-corrected chi connectivity index (χ3v) is 3.40. The molecule has 0 aromatic rings. The van der Waals surface area contributed by atoms with Crippen LogP contribution in [0, 0.1) is 17.8 Å². The first-order valence-corrected chi connectivity index (χ1v) is 4.38. The van der Waals surface area contributed by atoms with E-state index in [1.807, 2.05) is 7.11 Å². The Hall–Kier alpha value is -0.0800. The van der Waals surface area contributed by atoms with E-state index in [0.29, 0.717) is 6.10 Å². The highest BCUT2D eigenvalue weighted by Crippen LogP contribution is 2.54. The van der Waals surface area contributed by atoms with E-state index in [-0.39, 0.29) is 0 Å². The van der Waals surface area contributed by atoms with Crippen LogP contribution in [-0.4, -0.2) is 26.9 Å². The molecule has 0 radical (unpaired) electrons. The summed E-state index contributed by atoms with van der Waals surface area (Å²) in [5, 5.41) is 0. The molecule has 2 bridgehead atoms. The second-order valence-electron chi connectivity index (χ2n) is 3.79. The summed E-state index contributed by atoms with van der Waals surface area (Å²) >= 11 is 0. The van der Waals surface area contributed by atoms with Crippen LogP contribution in [0.15, 0.2) is 0 Å². The number of methoxy groups -OCH3 is 2. The van der Waals surface area contributed by atoms with E-state index in [4.69, 9.17) is 9.47 Å². The highest BCUT2D eigenvalue weighted by atomic mass is 16.5. The van der Waals surface area contributed by atoms with Gasteiger partial charge in [-0.25, -0.2) is 0 Å². The van der Waals surface area contributed by atoms with Gasteiger partial charge in [-0.05, 0) is 30.6 Å². The van der Waals surface area contributed by atoms with Crippen molar-refractivity contribution in [1.29, 1.82) is 0 Å². The lowest BCUT2D eigenvalue weighted by atomic mass is 9.72. The molecule has 3 rings (SSSR count). The minimum atomic E-state index is 0.542. The van der Waals surface area contributed by atoms with Crippen LogP contribution in [0.3, 0.4) is 0 Å². The van der Waals surface area contributed by atoms with Gasteiger partial charge in [0.05, 0.1) is 6.10 Å². The summed E-state index contributed by atoms with van der Waals surface area (Å²) in [4.78, 5) is 0. The molecule has 0 amide bonds. The second-order valence-corrected chi connectivity index (χ2v) is 3.79. The Kier molecular flexibility index (Phi) is 1.90. The van der Waals surface area contributed by atoms with Crippen molar-refractivity contribution in [2.24, 2.45) is 17.8 Å². The van der Waals surface area contributed by atoms with Gasteiger partial charge in [0.25, 0.3) is 0 Å². The summed E-state index contributed by atoms with van der Waals surface area (Å²) in [7, 11) is 3.62. The molecule has 11 heavy (non-hydrogen) atoms. The molecule has 0 unspecified atom stereocenters. The molecule has 0 saturated heterocycles. The fraction of sp³-hybridized carbons (Fsp3) is 1.00. The van der Waals surface area contributed by atoms with E-state index in [2.05, 4.69) is 0 Å². The van der Waals surface area contributed by atoms with Gasteiger partial charge in [-0.15, -0.1) is 0 Å². The van der Waals surface area contributed by atoms with Crippen molar-refractivity contribution in [1.82, 2.24) is 0 Å². The van der Waals surface area contributed by atoms with Gasteiger partial charge in [0.2, 0.25) is 0 Å². The highest BCUT2D eigenvalue weighted by Gasteiger charge is 2.52. The zero-order valence-electron chi connectivity index (χ0n) is 7.25. The van der Waals surface area contributed by atoms with Crippen LogP contribution in [0.2, 0.25) is 0 Å². The Balaban J connectivity index is 1.90. The van der Waals surface area contributed by atoms with E-state index in [9.17, 15) is 0 Å². The van der Waals surface area contributed by atoms with Crippen molar-refractivity contribution in [3.63, 3.8) is 0 Å². The Bertz CT molecular complexity index is 146. The fourth-order valence-electron chi connectivity index (χ4n) is 2.75. The average molecular weight is 156 g/mol. The fourth-order valence-corrected chi connectivity index (χ4v) is 2.75. The minimum Gasteiger partial charge on any atom is -0.384 e. The first-order valence-electron chi connectivity index (χ1n) is 4.38.